The third-order valence-electron chi connectivity index (χ3n) is 3.50. The van der Waals surface area contributed by atoms with Gasteiger partial charge in [-0.05, 0) is 30.9 Å². The van der Waals surface area contributed by atoms with Crippen molar-refractivity contribution in [2.45, 2.75) is 53.4 Å². The van der Waals surface area contributed by atoms with E-state index in [4.69, 9.17) is 9.97 Å². The van der Waals surface area contributed by atoms with E-state index < -0.39 is 0 Å². The molecule has 0 aliphatic heterocycles. The number of hydrogen-bond donors (Lipinski definition) is 0. The molecule has 0 bridgehead atoms. The molecule has 0 fully saturated rings. The number of rotatable bonds is 2. The van der Waals surface area contributed by atoms with Crippen molar-refractivity contribution in [3.63, 3.8) is 0 Å². The van der Waals surface area contributed by atoms with Crippen LogP contribution >= 0.6 is 0 Å². The number of fused-ring (bicyclic) bond motifs is 1. The lowest BCUT2D eigenvalue weighted by molar-refractivity contribution is 0.742. The Morgan fingerprint density at radius 1 is 0.889 bits per heavy atom. The molecule has 0 aliphatic carbocycles. The van der Waals surface area contributed by atoms with Gasteiger partial charge >= 0.3 is 0 Å². The number of aryl methyl sites for hydroxylation is 2. The van der Waals surface area contributed by atoms with Crippen molar-refractivity contribution < 1.29 is 0 Å². The minimum Gasteiger partial charge on any atom is -0.237 e. The molecule has 0 saturated carbocycles. The zero-order chi connectivity index (χ0) is 13.4. The molecule has 0 unspecified atom stereocenters. The predicted octanol–water partition coefficient (Wildman–Crippen LogP) is 4.49. The first-order valence-corrected chi connectivity index (χ1v) is 6.69. The van der Waals surface area contributed by atoms with Gasteiger partial charge < -0.3 is 0 Å². The first kappa shape index (κ1) is 13.0. The Labute approximate surface area is 109 Å². The fraction of sp³-hybridized carbons (Fsp3) is 0.500. The van der Waals surface area contributed by atoms with Gasteiger partial charge in [0.15, 0.2) is 0 Å². The molecule has 0 saturated heterocycles. The van der Waals surface area contributed by atoms with E-state index in [-0.39, 0.29) is 0 Å². The molecule has 0 atom stereocenters. The average Bonchev–Trinajstić information content (AvgIpc) is 2.32. The van der Waals surface area contributed by atoms with E-state index in [0.717, 1.165) is 11.3 Å². The maximum Gasteiger partial charge on any atom is 0.131 e. The minimum absolute atomic E-state index is 0.367. The fourth-order valence-electron chi connectivity index (χ4n) is 2.17. The summed E-state index contributed by atoms with van der Waals surface area (Å²) in [6.07, 6.45) is 0. The summed E-state index contributed by atoms with van der Waals surface area (Å²) >= 11 is 0. The Hall–Kier alpha value is -1.44. The number of hydrogen-bond acceptors (Lipinski definition) is 2. The monoisotopic (exact) mass is 242 g/mol. The van der Waals surface area contributed by atoms with Crippen molar-refractivity contribution in [3.05, 3.63) is 34.8 Å². The normalized spacial score (nSPS) is 11.8. The SMILES string of the molecule is Cc1ccc2c(C(C)C)nc(C(C)C)nc2c1C. The quantitative estimate of drug-likeness (QED) is 0.775. The Morgan fingerprint density at radius 3 is 2.11 bits per heavy atom. The van der Waals surface area contributed by atoms with E-state index in [2.05, 4.69) is 53.7 Å². The van der Waals surface area contributed by atoms with Crippen LogP contribution in [0.15, 0.2) is 12.1 Å². The van der Waals surface area contributed by atoms with Gasteiger partial charge in [0, 0.05) is 11.3 Å². The standard InChI is InChI=1S/C16H22N2/c1-9(2)14-13-8-7-11(5)12(6)15(13)18-16(17-14)10(3)4/h7-10H,1-6H3. The van der Waals surface area contributed by atoms with Crippen molar-refractivity contribution in [2.75, 3.05) is 0 Å². The lowest BCUT2D eigenvalue weighted by Gasteiger charge is -2.15. The summed E-state index contributed by atoms with van der Waals surface area (Å²) in [5.41, 5.74) is 4.87. The summed E-state index contributed by atoms with van der Waals surface area (Å²) in [4.78, 5) is 9.53. The first-order chi connectivity index (χ1) is 8.41. The molecule has 1 aromatic carbocycles. The predicted molar refractivity (Wildman–Crippen MR) is 77.2 cm³/mol. The third-order valence-corrected chi connectivity index (χ3v) is 3.50. The van der Waals surface area contributed by atoms with Crippen LogP contribution in [0.3, 0.4) is 0 Å². The Kier molecular flexibility index (Phi) is 3.38. The van der Waals surface area contributed by atoms with Crippen molar-refractivity contribution in [1.29, 1.82) is 0 Å². The smallest absolute Gasteiger partial charge is 0.131 e. The zero-order valence-electron chi connectivity index (χ0n) is 12.2. The van der Waals surface area contributed by atoms with Gasteiger partial charge in [-0.1, -0.05) is 39.8 Å². The molecule has 1 heterocycles. The molecule has 96 valence electrons. The van der Waals surface area contributed by atoms with Crippen LogP contribution in [0.25, 0.3) is 10.9 Å². The Bertz CT molecular complexity index is 583. The van der Waals surface area contributed by atoms with Gasteiger partial charge in [0.1, 0.15) is 5.82 Å². The van der Waals surface area contributed by atoms with Gasteiger partial charge in [-0.25, -0.2) is 9.97 Å². The Morgan fingerprint density at radius 2 is 1.56 bits per heavy atom. The highest BCUT2D eigenvalue weighted by Gasteiger charge is 2.14. The van der Waals surface area contributed by atoms with Gasteiger partial charge in [-0.3, -0.25) is 0 Å². The molecule has 0 radical (unpaired) electrons. The van der Waals surface area contributed by atoms with Crippen molar-refractivity contribution in [3.8, 4) is 0 Å². The first-order valence-electron chi connectivity index (χ1n) is 6.69. The van der Waals surface area contributed by atoms with Gasteiger partial charge in [0.05, 0.1) is 11.2 Å². The molecule has 0 aliphatic rings. The van der Waals surface area contributed by atoms with Crippen LogP contribution in [0.4, 0.5) is 0 Å². The van der Waals surface area contributed by atoms with Crippen molar-refractivity contribution in [2.24, 2.45) is 0 Å². The molecule has 2 rings (SSSR count). The van der Waals surface area contributed by atoms with Crippen LogP contribution in [0, 0.1) is 13.8 Å². The van der Waals surface area contributed by atoms with E-state index in [9.17, 15) is 0 Å². The van der Waals surface area contributed by atoms with Crippen LogP contribution < -0.4 is 0 Å². The van der Waals surface area contributed by atoms with Crippen molar-refractivity contribution >= 4 is 10.9 Å². The highest BCUT2D eigenvalue weighted by atomic mass is 14.9. The summed E-state index contributed by atoms with van der Waals surface area (Å²) in [6.45, 7) is 13.0. The lowest BCUT2D eigenvalue weighted by atomic mass is 9.99. The summed E-state index contributed by atoms with van der Waals surface area (Å²) in [6, 6.07) is 4.33. The molecule has 0 N–H and O–H groups in total. The second kappa shape index (κ2) is 4.68. The summed E-state index contributed by atoms with van der Waals surface area (Å²) in [5, 5.41) is 1.21. The Balaban J connectivity index is 2.85. The molecular weight excluding hydrogens is 220 g/mol. The average molecular weight is 242 g/mol. The van der Waals surface area contributed by atoms with E-state index >= 15 is 0 Å². The van der Waals surface area contributed by atoms with E-state index in [0.29, 0.717) is 11.8 Å². The molecule has 0 spiro atoms. The second-order valence-corrected chi connectivity index (χ2v) is 5.68. The van der Waals surface area contributed by atoms with Gasteiger partial charge in [-0.15, -0.1) is 0 Å². The van der Waals surface area contributed by atoms with Gasteiger partial charge in [-0.2, -0.15) is 0 Å². The molecule has 1 aromatic heterocycles. The van der Waals surface area contributed by atoms with E-state index in [1.807, 2.05) is 0 Å². The second-order valence-electron chi connectivity index (χ2n) is 5.68. The topological polar surface area (TPSA) is 25.8 Å². The van der Waals surface area contributed by atoms with Crippen LogP contribution in [-0.2, 0) is 0 Å². The fourth-order valence-corrected chi connectivity index (χ4v) is 2.17. The largest absolute Gasteiger partial charge is 0.237 e. The zero-order valence-corrected chi connectivity index (χ0v) is 12.2. The van der Waals surface area contributed by atoms with E-state index in [1.165, 1.54) is 22.2 Å². The maximum absolute atomic E-state index is 4.77. The molecule has 18 heavy (non-hydrogen) atoms. The molecular formula is C16H22N2. The van der Waals surface area contributed by atoms with Gasteiger partial charge in [0.25, 0.3) is 0 Å². The highest BCUT2D eigenvalue weighted by Crippen LogP contribution is 2.28. The summed E-state index contributed by atoms with van der Waals surface area (Å²) < 4.78 is 0. The molecule has 2 aromatic rings. The molecule has 2 nitrogen and oxygen atoms in total. The van der Waals surface area contributed by atoms with E-state index in [1.54, 1.807) is 0 Å². The molecule has 2 heteroatoms. The third kappa shape index (κ3) is 2.12. The number of aromatic nitrogens is 2. The summed E-state index contributed by atoms with van der Waals surface area (Å²) in [7, 11) is 0. The lowest BCUT2D eigenvalue weighted by Crippen LogP contribution is -2.05. The number of nitrogens with zero attached hydrogens (tertiary/aromatic N) is 2. The maximum atomic E-state index is 4.77. The van der Waals surface area contributed by atoms with Crippen LogP contribution in [0.5, 0.6) is 0 Å². The van der Waals surface area contributed by atoms with Crippen LogP contribution in [0.1, 0.15) is 62.2 Å². The van der Waals surface area contributed by atoms with Crippen LogP contribution in [0.2, 0.25) is 0 Å². The molecule has 0 amide bonds. The summed E-state index contributed by atoms with van der Waals surface area (Å²) in [5.74, 6) is 1.75. The van der Waals surface area contributed by atoms with Crippen LogP contribution in [-0.4, -0.2) is 9.97 Å². The number of benzene rings is 1. The van der Waals surface area contributed by atoms with Gasteiger partial charge in [0.2, 0.25) is 0 Å². The minimum atomic E-state index is 0.367. The highest BCUT2D eigenvalue weighted by molar-refractivity contribution is 5.85. The van der Waals surface area contributed by atoms with Crippen molar-refractivity contribution in [1.82, 2.24) is 9.97 Å².